The van der Waals surface area contributed by atoms with Crippen LogP contribution < -0.4 is 0 Å². The van der Waals surface area contributed by atoms with E-state index in [4.69, 9.17) is 11.6 Å². The highest BCUT2D eigenvalue weighted by Gasteiger charge is 2.30. The second-order valence-corrected chi connectivity index (χ2v) is 5.19. The summed E-state index contributed by atoms with van der Waals surface area (Å²) in [5, 5.41) is 0.424. The second kappa shape index (κ2) is 5.90. The Balaban J connectivity index is 2.26. The molecule has 0 aromatic heterocycles. The van der Waals surface area contributed by atoms with Crippen LogP contribution in [0, 0.1) is 6.92 Å². The van der Waals surface area contributed by atoms with E-state index in [1.165, 1.54) is 18.2 Å². The van der Waals surface area contributed by atoms with Crippen molar-refractivity contribution in [3.05, 3.63) is 69.7 Å². The van der Waals surface area contributed by atoms with E-state index in [9.17, 15) is 18.0 Å². The standard InChI is InChI=1S/C16H12ClF3O/c1-10-5-6-13(17)9-14(10)15(21)8-11-3-2-4-12(7-11)16(18,19)20/h2-7,9H,8H2,1H3. The fraction of sp³-hybridized carbons (Fsp3) is 0.188. The summed E-state index contributed by atoms with van der Waals surface area (Å²) in [6.07, 6.45) is -4.50. The van der Waals surface area contributed by atoms with Crippen molar-refractivity contribution < 1.29 is 18.0 Å². The van der Waals surface area contributed by atoms with Crippen LogP contribution in [0.4, 0.5) is 13.2 Å². The Morgan fingerprint density at radius 1 is 1.14 bits per heavy atom. The molecule has 0 bridgehead atoms. The first kappa shape index (κ1) is 15.6. The van der Waals surface area contributed by atoms with Gasteiger partial charge in [-0.2, -0.15) is 13.2 Å². The van der Waals surface area contributed by atoms with Gasteiger partial charge in [0.1, 0.15) is 0 Å². The van der Waals surface area contributed by atoms with Gasteiger partial charge in [0.2, 0.25) is 0 Å². The van der Waals surface area contributed by atoms with Gasteiger partial charge in [0, 0.05) is 17.0 Å². The first-order valence-electron chi connectivity index (χ1n) is 6.23. The van der Waals surface area contributed by atoms with Crippen molar-refractivity contribution in [2.75, 3.05) is 0 Å². The van der Waals surface area contributed by atoms with Gasteiger partial charge in [-0.05, 0) is 36.2 Å². The average molecular weight is 313 g/mol. The van der Waals surface area contributed by atoms with Crippen molar-refractivity contribution in [3.63, 3.8) is 0 Å². The lowest BCUT2D eigenvalue weighted by Gasteiger charge is -2.09. The minimum Gasteiger partial charge on any atom is -0.294 e. The van der Waals surface area contributed by atoms with Gasteiger partial charge in [0.25, 0.3) is 0 Å². The maximum atomic E-state index is 12.6. The Labute approximate surface area is 125 Å². The fourth-order valence-electron chi connectivity index (χ4n) is 2.03. The molecule has 0 heterocycles. The van der Waals surface area contributed by atoms with Gasteiger partial charge in [0.05, 0.1) is 5.56 Å². The monoisotopic (exact) mass is 312 g/mol. The van der Waals surface area contributed by atoms with E-state index < -0.39 is 11.7 Å². The molecule has 0 fully saturated rings. The number of carbonyl (C=O) groups is 1. The number of Topliss-reactive ketones (excluding diaryl/α,β-unsaturated/α-hetero) is 1. The molecule has 0 aliphatic rings. The molecule has 110 valence electrons. The molecule has 0 saturated carbocycles. The number of hydrogen-bond acceptors (Lipinski definition) is 1. The maximum Gasteiger partial charge on any atom is 0.416 e. The molecule has 0 atom stereocenters. The number of aryl methyl sites for hydroxylation is 1. The van der Waals surface area contributed by atoms with Crippen molar-refractivity contribution in [2.24, 2.45) is 0 Å². The first-order valence-corrected chi connectivity index (χ1v) is 6.60. The minimum atomic E-state index is -4.41. The lowest BCUT2D eigenvalue weighted by molar-refractivity contribution is -0.137. The molecule has 2 aromatic rings. The van der Waals surface area contributed by atoms with E-state index in [0.717, 1.165) is 17.7 Å². The number of hydrogen-bond donors (Lipinski definition) is 0. The quantitative estimate of drug-likeness (QED) is 0.721. The van der Waals surface area contributed by atoms with Gasteiger partial charge in [-0.25, -0.2) is 0 Å². The molecule has 0 aliphatic heterocycles. The van der Waals surface area contributed by atoms with Crippen LogP contribution in [0.1, 0.15) is 27.0 Å². The van der Waals surface area contributed by atoms with Crippen molar-refractivity contribution in [3.8, 4) is 0 Å². The van der Waals surface area contributed by atoms with Gasteiger partial charge in [-0.3, -0.25) is 4.79 Å². The topological polar surface area (TPSA) is 17.1 Å². The summed E-state index contributed by atoms with van der Waals surface area (Å²) in [7, 11) is 0. The SMILES string of the molecule is Cc1ccc(Cl)cc1C(=O)Cc1cccc(C(F)(F)F)c1. The summed E-state index contributed by atoms with van der Waals surface area (Å²) >= 11 is 5.85. The Morgan fingerprint density at radius 3 is 2.52 bits per heavy atom. The van der Waals surface area contributed by atoms with Crippen LogP contribution in [-0.2, 0) is 12.6 Å². The molecule has 0 amide bonds. The Morgan fingerprint density at radius 2 is 1.86 bits per heavy atom. The largest absolute Gasteiger partial charge is 0.416 e. The number of rotatable bonds is 3. The summed E-state index contributed by atoms with van der Waals surface area (Å²) in [4.78, 5) is 12.2. The summed E-state index contributed by atoms with van der Waals surface area (Å²) < 4.78 is 37.9. The highest BCUT2D eigenvalue weighted by molar-refractivity contribution is 6.31. The maximum absolute atomic E-state index is 12.6. The third kappa shape index (κ3) is 3.85. The fourth-order valence-corrected chi connectivity index (χ4v) is 2.20. The van der Waals surface area contributed by atoms with Crippen LogP contribution in [0.15, 0.2) is 42.5 Å². The number of benzene rings is 2. The molecular formula is C16H12ClF3O. The van der Waals surface area contributed by atoms with E-state index >= 15 is 0 Å². The van der Waals surface area contributed by atoms with Gasteiger partial charge < -0.3 is 0 Å². The third-order valence-electron chi connectivity index (χ3n) is 3.12. The van der Waals surface area contributed by atoms with Crippen molar-refractivity contribution in [1.29, 1.82) is 0 Å². The minimum absolute atomic E-state index is 0.0922. The van der Waals surface area contributed by atoms with Crippen LogP contribution >= 0.6 is 11.6 Å². The Bertz CT molecular complexity index is 677. The normalized spacial score (nSPS) is 11.5. The van der Waals surface area contributed by atoms with Crippen LogP contribution in [-0.4, -0.2) is 5.78 Å². The van der Waals surface area contributed by atoms with Crippen molar-refractivity contribution in [2.45, 2.75) is 19.5 Å². The summed E-state index contributed by atoms with van der Waals surface area (Å²) in [6.45, 7) is 1.76. The Kier molecular flexibility index (Phi) is 4.37. The summed E-state index contributed by atoms with van der Waals surface area (Å²) in [5.41, 5.74) is 0.751. The average Bonchev–Trinajstić information content (AvgIpc) is 2.41. The molecule has 0 saturated heterocycles. The highest BCUT2D eigenvalue weighted by atomic mass is 35.5. The molecule has 2 rings (SSSR count). The van der Waals surface area contributed by atoms with E-state index in [0.29, 0.717) is 16.1 Å². The number of halogens is 4. The molecular weight excluding hydrogens is 301 g/mol. The smallest absolute Gasteiger partial charge is 0.294 e. The van der Waals surface area contributed by atoms with Gasteiger partial charge in [0.15, 0.2) is 5.78 Å². The van der Waals surface area contributed by atoms with E-state index in [1.54, 1.807) is 19.1 Å². The zero-order chi connectivity index (χ0) is 15.6. The van der Waals surface area contributed by atoms with E-state index in [1.807, 2.05) is 0 Å². The molecule has 5 heteroatoms. The summed E-state index contributed by atoms with van der Waals surface area (Å²) in [6, 6.07) is 9.70. The predicted molar refractivity (Wildman–Crippen MR) is 75.7 cm³/mol. The molecule has 2 aromatic carbocycles. The van der Waals surface area contributed by atoms with Crippen molar-refractivity contribution in [1.82, 2.24) is 0 Å². The van der Waals surface area contributed by atoms with Crippen LogP contribution in [0.2, 0.25) is 5.02 Å². The molecule has 0 unspecified atom stereocenters. The van der Waals surface area contributed by atoms with Crippen molar-refractivity contribution >= 4 is 17.4 Å². The Hall–Kier alpha value is -1.81. The lowest BCUT2D eigenvalue weighted by atomic mass is 9.98. The summed E-state index contributed by atoms with van der Waals surface area (Å²) in [5.74, 6) is -0.255. The molecule has 0 aliphatic carbocycles. The molecule has 0 N–H and O–H groups in total. The lowest BCUT2D eigenvalue weighted by Crippen LogP contribution is -2.08. The number of carbonyl (C=O) groups excluding carboxylic acids is 1. The van der Waals surface area contributed by atoms with Crippen LogP contribution in [0.5, 0.6) is 0 Å². The van der Waals surface area contributed by atoms with E-state index in [-0.39, 0.29) is 12.2 Å². The van der Waals surface area contributed by atoms with Gasteiger partial charge >= 0.3 is 6.18 Å². The molecule has 0 radical (unpaired) electrons. The first-order chi connectivity index (χ1) is 9.77. The van der Waals surface area contributed by atoms with Gasteiger partial charge in [-0.1, -0.05) is 35.9 Å². The van der Waals surface area contributed by atoms with E-state index in [2.05, 4.69) is 0 Å². The molecule has 21 heavy (non-hydrogen) atoms. The third-order valence-corrected chi connectivity index (χ3v) is 3.35. The molecule has 0 spiro atoms. The number of alkyl halides is 3. The van der Waals surface area contributed by atoms with Crippen LogP contribution in [0.3, 0.4) is 0 Å². The zero-order valence-corrected chi connectivity index (χ0v) is 11.9. The van der Waals surface area contributed by atoms with Gasteiger partial charge in [-0.15, -0.1) is 0 Å². The predicted octanol–water partition coefficient (Wildman–Crippen LogP) is 5.09. The second-order valence-electron chi connectivity index (χ2n) is 4.76. The zero-order valence-electron chi connectivity index (χ0n) is 11.2. The number of ketones is 1. The highest BCUT2D eigenvalue weighted by Crippen LogP contribution is 2.30. The van der Waals surface area contributed by atoms with Crippen LogP contribution in [0.25, 0.3) is 0 Å². The molecule has 1 nitrogen and oxygen atoms in total.